The van der Waals surface area contributed by atoms with Gasteiger partial charge in [-0.1, -0.05) is 18.2 Å². The summed E-state index contributed by atoms with van der Waals surface area (Å²) in [5.41, 5.74) is 1.21. The van der Waals surface area contributed by atoms with Gasteiger partial charge in [0.1, 0.15) is 11.5 Å². The minimum atomic E-state index is -0.236. The number of halogens is 2. The van der Waals surface area contributed by atoms with Crippen LogP contribution in [0.2, 0.25) is 0 Å². The first-order valence-electron chi connectivity index (χ1n) is 6.88. The largest absolute Gasteiger partial charge is 0.350 e. The van der Waals surface area contributed by atoms with Crippen LogP contribution in [0.1, 0.15) is 35.9 Å². The van der Waals surface area contributed by atoms with Crippen molar-refractivity contribution in [3.8, 4) is 0 Å². The van der Waals surface area contributed by atoms with Crippen LogP contribution in [-0.4, -0.2) is 17.0 Å². The number of hydrogen-bond acceptors (Lipinski definition) is 1. The highest BCUT2D eigenvalue weighted by Gasteiger charge is 2.14. The molecule has 0 saturated carbocycles. The van der Waals surface area contributed by atoms with Crippen molar-refractivity contribution >= 4 is 21.8 Å². The lowest BCUT2D eigenvalue weighted by molar-refractivity contribution is 0.0943. The average molecular weight is 353 g/mol. The number of aromatic nitrogens is 1. The molecule has 3 nitrogen and oxygen atoms in total. The molecule has 1 amide bonds. The lowest BCUT2D eigenvalue weighted by atomic mass is 10.1. The van der Waals surface area contributed by atoms with Gasteiger partial charge in [0, 0.05) is 23.3 Å². The zero-order valence-electron chi connectivity index (χ0n) is 12.1. The summed E-state index contributed by atoms with van der Waals surface area (Å²) in [7, 11) is 0. The first-order chi connectivity index (χ1) is 9.99. The van der Waals surface area contributed by atoms with E-state index < -0.39 is 0 Å². The first kappa shape index (κ1) is 15.8. The fourth-order valence-corrected chi connectivity index (χ4v) is 2.59. The third-order valence-corrected chi connectivity index (χ3v) is 3.68. The minimum absolute atomic E-state index is 0.147. The Hall–Kier alpha value is -1.62. The van der Waals surface area contributed by atoms with Gasteiger partial charge in [0.05, 0.1) is 0 Å². The summed E-state index contributed by atoms with van der Waals surface area (Å²) in [5, 5.41) is 2.84. The molecule has 0 bridgehead atoms. The molecule has 0 saturated heterocycles. The molecule has 0 radical (unpaired) electrons. The summed E-state index contributed by atoms with van der Waals surface area (Å²) in [5.74, 6) is -0.384. The molecule has 0 aliphatic rings. The molecule has 2 rings (SSSR count). The van der Waals surface area contributed by atoms with Gasteiger partial charge in [0.2, 0.25) is 0 Å². The van der Waals surface area contributed by atoms with Crippen LogP contribution in [0, 0.1) is 5.82 Å². The summed E-state index contributed by atoms with van der Waals surface area (Å²) in [6.07, 6.45) is 2.36. The number of nitrogens with zero attached hydrogens (tertiary/aromatic N) is 1. The lowest BCUT2D eigenvalue weighted by Gasteiger charge is -2.12. The Balaban J connectivity index is 1.98. The van der Waals surface area contributed by atoms with E-state index in [0.717, 1.165) is 4.47 Å². The van der Waals surface area contributed by atoms with E-state index in [1.54, 1.807) is 24.3 Å². The molecule has 21 heavy (non-hydrogen) atoms. The molecule has 112 valence electrons. The fraction of sp³-hybridized carbons (Fsp3) is 0.312. The third kappa shape index (κ3) is 3.94. The SMILES string of the molecule is CC(C)n1cc(Br)cc1C(=O)NCCc1ccccc1F. The molecule has 0 spiro atoms. The molecule has 0 atom stereocenters. The Morgan fingerprint density at radius 1 is 1.38 bits per heavy atom. The molecule has 2 aromatic rings. The average Bonchev–Trinajstić information content (AvgIpc) is 2.83. The molecule has 1 heterocycles. The van der Waals surface area contributed by atoms with E-state index in [9.17, 15) is 9.18 Å². The van der Waals surface area contributed by atoms with Crippen LogP contribution < -0.4 is 5.32 Å². The summed E-state index contributed by atoms with van der Waals surface area (Å²) >= 11 is 3.38. The topological polar surface area (TPSA) is 34.0 Å². The molecule has 0 aliphatic carbocycles. The molecule has 1 aromatic carbocycles. The van der Waals surface area contributed by atoms with E-state index in [1.807, 2.05) is 24.6 Å². The highest BCUT2D eigenvalue weighted by Crippen LogP contribution is 2.19. The Labute approximate surface area is 132 Å². The van der Waals surface area contributed by atoms with Crippen LogP contribution in [-0.2, 0) is 6.42 Å². The predicted octanol–water partition coefficient (Wildman–Crippen LogP) is 3.94. The van der Waals surface area contributed by atoms with Gasteiger partial charge in [-0.3, -0.25) is 4.79 Å². The van der Waals surface area contributed by atoms with Gasteiger partial charge in [-0.25, -0.2) is 4.39 Å². The first-order valence-corrected chi connectivity index (χ1v) is 7.67. The second kappa shape index (κ2) is 6.89. The van der Waals surface area contributed by atoms with Crippen molar-refractivity contribution in [2.24, 2.45) is 0 Å². The highest BCUT2D eigenvalue weighted by atomic mass is 79.9. The third-order valence-electron chi connectivity index (χ3n) is 3.24. The lowest BCUT2D eigenvalue weighted by Crippen LogP contribution is -2.28. The molecular weight excluding hydrogens is 335 g/mol. The van der Waals surface area contributed by atoms with Gasteiger partial charge in [-0.05, 0) is 53.9 Å². The second-order valence-corrected chi connectivity index (χ2v) is 6.06. The van der Waals surface area contributed by atoms with Crippen LogP contribution in [0.4, 0.5) is 4.39 Å². The van der Waals surface area contributed by atoms with Crippen molar-refractivity contribution in [3.63, 3.8) is 0 Å². The fourth-order valence-electron chi connectivity index (χ4n) is 2.16. The van der Waals surface area contributed by atoms with E-state index in [4.69, 9.17) is 0 Å². The number of benzene rings is 1. The quantitative estimate of drug-likeness (QED) is 0.868. The summed E-state index contributed by atoms with van der Waals surface area (Å²) in [4.78, 5) is 12.2. The van der Waals surface area contributed by atoms with Gasteiger partial charge in [-0.15, -0.1) is 0 Å². The van der Waals surface area contributed by atoms with Gasteiger partial charge in [0.25, 0.3) is 5.91 Å². The minimum Gasteiger partial charge on any atom is -0.350 e. The zero-order valence-corrected chi connectivity index (χ0v) is 13.7. The maximum Gasteiger partial charge on any atom is 0.267 e. The van der Waals surface area contributed by atoms with Gasteiger partial charge in [-0.2, -0.15) is 0 Å². The summed E-state index contributed by atoms with van der Waals surface area (Å²) in [6, 6.07) is 8.60. The number of carbonyl (C=O) groups is 1. The molecule has 0 aliphatic heterocycles. The zero-order chi connectivity index (χ0) is 15.4. The normalized spacial score (nSPS) is 10.9. The highest BCUT2D eigenvalue weighted by molar-refractivity contribution is 9.10. The van der Waals surface area contributed by atoms with E-state index in [1.165, 1.54) is 6.07 Å². The van der Waals surface area contributed by atoms with Crippen molar-refractivity contribution in [1.82, 2.24) is 9.88 Å². The summed E-state index contributed by atoms with van der Waals surface area (Å²) < 4.78 is 16.3. The Morgan fingerprint density at radius 2 is 2.10 bits per heavy atom. The number of amides is 1. The smallest absolute Gasteiger partial charge is 0.267 e. The monoisotopic (exact) mass is 352 g/mol. The van der Waals surface area contributed by atoms with Crippen molar-refractivity contribution < 1.29 is 9.18 Å². The van der Waals surface area contributed by atoms with Crippen molar-refractivity contribution in [3.05, 3.63) is 58.1 Å². The molecular formula is C16H18BrFN2O. The Kier molecular flexibility index (Phi) is 5.17. The number of carbonyl (C=O) groups excluding carboxylic acids is 1. The molecule has 5 heteroatoms. The van der Waals surface area contributed by atoms with Crippen molar-refractivity contribution in [2.75, 3.05) is 6.54 Å². The molecule has 0 unspecified atom stereocenters. The van der Waals surface area contributed by atoms with Gasteiger partial charge < -0.3 is 9.88 Å². The standard InChI is InChI=1S/C16H18BrFN2O/c1-11(2)20-10-13(17)9-15(20)16(21)19-8-7-12-5-3-4-6-14(12)18/h3-6,9-11H,7-8H2,1-2H3,(H,19,21). The van der Waals surface area contributed by atoms with Gasteiger partial charge in [0.15, 0.2) is 0 Å². The summed E-state index contributed by atoms with van der Waals surface area (Å²) in [6.45, 7) is 4.44. The number of nitrogens with one attached hydrogen (secondary N) is 1. The molecule has 0 fully saturated rings. The second-order valence-electron chi connectivity index (χ2n) is 5.14. The maximum atomic E-state index is 13.5. The van der Waals surface area contributed by atoms with Crippen LogP contribution in [0.15, 0.2) is 41.0 Å². The Morgan fingerprint density at radius 3 is 2.76 bits per heavy atom. The predicted molar refractivity (Wildman–Crippen MR) is 85.0 cm³/mol. The van der Waals surface area contributed by atoms with Crippen molar-refractivity contribution in [2.45, 2.75) is 26.3 Å². The van der Waals surface area contributed by atoms with Crippen LogP contribution in [0.5, 0.6) is 0 Å². The maximum absolute atomic E-state index is 13.5. The van der Waals surface area contributed by atoms with E-state index in [0.29, 0.717) is 24.2 Å². The van der Waals surface area contributed by atoms with Crippen LogP contribution in [0.3, 0.4) is 0 Å². The Bertz CT molecular complexity index is 637. The number of hydrogen-bond donors (Lipinski definition) is 1. The van der Waals surface area contributed by atoms with E-state index in [2.05, 4.69) is 21.2 Å². The van der Waals surface area contributed by atoms with Crippen LogP contribution >= 0.6 is 15.9 Å². The van der Waals surface area contributed by atoms with E-state index in [-0.39, 0.29) is 17.8 Å². The van der Waals surface area contributed by atoms with E-state index >= 15 is 0 Å². The molecule has 1 aromatic heterocycles. The van der Waals surface area contributed by atoms with Crippen LogP contribution in [0.25, 0.3) is 0 Å². The molecule has 1 N–H and O–H groups in total. The van der Waals surface area contributed by atoms with Crippen molar-refractivity contribution in [1.29, 1.82) is 0 Å². The van der Waals surface area contributed by atoms with Gasteiger partial charge >= 0.3 is 0 Å². The number of rotatable bonds is 5.